The van der Waals surface area contributed by atoms with E-state index >= 15 is 0 Å². The van der Waals surface area contributed by atoms with E-state index < -0.39 is 0 Å². The van der Waals surface area contributed by atoms with E-state index in [1.807, 2.05) is 0 Å². The van der Waals surface area contributed by atoms with Crippen LogP contribution in [-0.2, 0) is 0 Å². The minimum atomic E-state index is -0.155. The van der Waals surface area contributed by atoms with E-state index in [1.165, 1.54) is 19.3 Å². The molecule has 17 heavy (non-hydrogen) atoms. The zero-order chi connectivity index (χ0) is 12.3. The van der Waals surface area contributed by atoms with Crippen molar-refractivity contribution >= 4 is 5.91 Å². The van der Waals surface area contributed by atoms with Crippen LogP contribution in [0.2, 0.25) is 0 Å². The van der Waals surface area contributed by atoms with Gasteiger partial charge in [-0.15, -0.1) is 0 Å². The molecular formula is C14H19NO2. The second kappa shape index (κ2) is 5.21. The fourth-order valence-corrected chi connectivity index (χ4v) is 2.35. The van der Waals surface area contributed by atoms with Crippen molar-refractivity contribution in [3.05, 3.63) is 29.3 Å². The van der Waals surface area contributed by atoms with Crippen molar-refractivity contribution in [3.8, 4) is 5.75 Å². The zero-order valence-electron chi connectivity index (χ0n) is 10.2. The number of phenols is 1. The first kappa shape index (κ1) is 12.0. The molecule has 1 aromatic rings. The third-order valence-corrected chi connectivity index (χ3v) is 3.42. The summed E-state index contributed by atoms with van der Waals surface area (Å²) in [6.45, 7) is 1.80. The number of carbonyl (C=O) groups is 1. The van der Waals surface area contributed by atoms with Crippen LogP contribution in [-0.4, -0.2) is 17.1 Å². The van der Waals surface area contributed by atoms with Gasteiger partial charge in [-0.25, -0.2) is 0 Å². The summed E-state index contributed by atoms with van der Waals surface area (Å²) in [6.07, 6.45) is 5.74. The van der Waals surface area contributed by atoms with Crippen molar-refractivity contribution < 1.29 is 9.90 Å². The molecule has 0 heterocycles. The number of benzene rings is 1. The molecule has 0 spiro atoms. The van der Waals surface area contributed by atoms with Crippen LogP contribution in [0.15, 0.2) is 18.2 Å². The highest BCUT2D eigenvalue weighted by Crippen LogP contribution is 2.23. The summed E-state index contributed by atoms with van der Waals surface area (Å²) in [5.74, 6) is -0.0566. The maximum Gasteiger partial charge on any atom is 0.255 e. The topological polar surface area (TPSA) is 49.3 Å². The highest BCUT2D eigenvalue weighted by molar-refractivity contribution is 5.97. The zero-order valence-corrected chi connectivity index (χ0v) is 10.2. The average molecular weight is 233 g/mol. The molecule has 1 saturated carbocycles. The lowest BCUT2D eigenvalue weighted by Crippen LogP contribution is -2.36. The summed E-state index contributed by atoms with van der Waals surface area (Å²) >= 11 is 0. The smallest absolute Gasteiger partial charge is 0.255 e. The second-order valence-corrected chi connectivity index (χ2v) is 4.78. The first-order valence-electron chi connectivity index (χ1n) is 6.28. The number of amides is 1. The van der Waals surface area contributed by atoms with Crippen LogP contribution in [0.4, 0.5) is 0 Å². The summed E-state index contributed by atoms with van der Waals surface area (Å²) in [5, 5.41) is 12.8. The Morgan fingerprint density at radius 1 is 1.29 bits per heavy atom. The van der Waals surface area contributed by atoms with Crippen LogP contribution in [0.5, 0.6) is 5.75 Å². The van der Waals surface area contributed by atoms with Crippen molar-refractivity contribution in [2.75, 3.05) is 0 Å². The van der Waals surface area contributed by atoms with E-state index in [-0.39, 0.29) is 17.7 Å². The van der Waals surface area contributed by atoms with Gasteiger partial charge >= 0.3 is 0 Å². The van der Waals surface area contributed by atoms with Gasteiger partial charge in [0.25, 0.3) is 5.91 Å². The standard InChI is InChI=1S/C14H19NO2/c1-10-6-5-9-12(13(10)16)14(17)15-11-7-3-2-4-8-11/h5-6,9,11,16H,2-4,7-8H2,1H3,(H,15,17). The van der Waals surface area contributed by atoms with Gasteiger partial charge in [0.05, 0.1) is 5.56 Å². The molecule has 3 nitrogen and oxygen atoms in total. The van der Waals surface area contributed by atoms with Gasteiger partial charge in [0.2, 0.25) is 0 Å². The Bertz CT molecular complexity index is 409. The maximum absolute atomic E-state index is 12.0. The summed E-state index contributed by atoms with van der Waals surface area (Å²) in [6, 6.07) is 5.54. The molecule has 92 valence electrons. The van der Waals surface area contributed by atoms with Crippen LogP contribution < -0.4 is 5.32 Å². The monoisotopic (exact) mass is 233 g/mol. The molecular weight excluding hydrogens is 214 g/mol. The molecule has 0 bridgehead atoms. The Morgan fingerprint density at radius 3 is 2.71 bits per heavy atom. The number of hydrogen-bond acceptors (Lipinski definition) is 2. The normalized spacial score (nSPS) is 16.8. The SMILES string of the molecule is Cc1cccc(C(=O)NC2CCCCC2)c1O. The molecule has 0 radical (unpaired) electrons. The Morgan fingerprint density at radius 2 is 2.00 bits per heavy atom. The molecule has 2 N–H and O–H groups in total. The highest BCUT2D eigenvalue weighted by Gasteiger charge is 2.18. The summed E-state index contributed by atoms with van der Waals surface area (Å²) in [5.41, 5.74) is 1.12. The molecule has 0 aromatic heterocycles. The van der Waals surface area contributed by atoms with Crippen LogP contribution in [0.3, 0.4) is 0 Å². The van der Waals surface area contributed by atoms with Crippen LogP contribution in [0, 0.1) is 6.92 Å². The molecule has 1 aromatic carbocycles. The van der Waals surface area contributed by atoms with Gasteiger partial charge in [-0.05, 0) is 31.4 Å². The number of hydrogen-bond donors (Lipinski definition) is 2. The fraction of sp³-hybridized carbons (Fsp3) is 0.500. The Hall–Kier alpha value is -1.51. The summed E-state index contributed by atoms with van der Waals surface area (Å²) in [4.78, 5) is 12.0. The van der Waals surface area contributed by atoms with E-state index in [9.17, 15) is 9.90 Å². The lowest BCUT2D eigenvalue weighted by atomic mass is 9.95. The minimum absolute atomic E-state index is 0.0980. The van der Waals surface area contributed by atoms with Gasteiger partial charge in [-0.2, -0.15) is 0 Å². The van der Waals surface area contributed by atoms with Crippen molar-refractivity contribution in [1.82, 2.24) is 5.32 Å². The molecule has 0 unspecified atom stereocenters. The maximum atomic E-state index is 12.0. The number of carbonyl (C=O) groups excluding carboxylic acids is 1. The van der Waals surface area contributed by atoms with Crippen molar-refractivity contribution in [2.45, 2.75) is 45.1 Å². The molecule has 2 rings (SSSR count). The van der Waals surface area contributed by atoms with Crippen LogP contribution in [0.1, 0.15) is 48.0 Å². The molecule has 0 atom stereocenters. The lowest BCUT2D eigenvalue weighted by Gasteiger charge is -2.23. The number of para-hydroxylation sites is 1. The number of aromatic hydroxyl groups is 1. The molecule has 1 aliphatic rings. The lowest BCUT2D eigenvalue weighted by molar-refractivity contribution is 0.0925. The number of aryl methyl sites for hydroxylation is 1. The van der Waals surface area contributed by atoms with Crippen molar-refractivity contribution in [2.24, 2.45) is 0 Å². The number of phenolic OH excluding ortho intramolecular Hbond substituents is 1. The average Bonchev–Trinajstić information content (AvgIpc) is 2.34. The molecule has 0 saturated heterocycles. The van der Waals surface area contributed by atoms with Crippen molar-refractivity contribution in [3.63, 3.8) is 0 Å². The summed E-state index contributed by atoms with van der Waals surface area (Å²) in [7, 11) is 0. The minimum Gasteiger partial charge on any atom is -0.507 e. The predicted molar refractivity (Wildman–Crippen MR) is 67.2 cm³/mol. The van der Waals surface area contributed by atoms with Gasteiger partial charge in [-0.1, -0.05) is 31.4 Å². The molecule has 1 fully saturated rings. The fourth-order valence-electron chi connectivity index (χ4n) is 2.35. The molecule has 1 aliphatic carbocycles. The summed E-state index contributed by atoms with van der Waals surface area (Å²) < 4.78 is 0. The van der Waals surface area contributed by atoms with E-state index in [2.05, 4.69) is 5.32 Å². The largest absolute Gasteiger partial charge is 0.507 e. The second-order valence-electron chi connectivity index (χ2n) is 4.78. The molecule has 0 aliphatic heterocycles. The van der Waals surface area contributed by atoms with Crippen LogP contribution >= 0.6 is 0 Å². The quantitative estimate of drug-likeness (QED) is 0.825. The Kier molecular flexibility index (Phi) is 3.67. The third-order valence-electron chi connectivity index (χ3n) is 3.42. The van der Waals surface area contributed by atoms with Crippen LogP contribution in [0.25, 0.3) is 0 Å². The van der Waals surface area contributed by atoms with E-state index in [1.54, 1.807) is 25.1 Å². The number of nitrogens with one attached hydrogen (secondary N) is 1. The first-order valence-corrected chi connectivity index (χ1v) is 6.28. The van der Waals surface area contributed by atoms with Gasteiger partial charge in [0.15, 0.2) is 0 Å². The van der Waals surface area contributed by atoms with Gasteiger partial charge in [0, 0.05) is 6.04 Å². The van der Waals surface area contributed by atoms with E-state index in [0.29, 0.717) is 5.56 Å². The third kappa shape index (κ3) is 2.78. The van der Waals surface area contributed by atoms with Gasteiger partial charge in [-0.3, -0.25) is 4.79 Å². The Labute approximate surface area is 102 Å². The highest BCUT2D eigenvalue weighted by atomic mass is 16.3. The van der Waals surface area contributed by atoms with Gasteiger partial charge < -0.3 is 10.4 Å². The molecule has 3 heteroatoms. The van der Waals surface area contributed by atoms with Gasteiger partial charge in [0.1, 0.15) is 5.75 Å². The first-order chi connectivity index (χ1) is 8.18. The molecule has 1 amide bonds. The number of rotatable bonds is 2. The van der Waals surface area contributed by atoms with E-state index in [4.69, 9.17) is 0 Å². The van der Waals surface area contributed by atoms with E-state index in [0.717, 1.165) is 18.4 Å². The predicted octanol–water partition coefficient (Wildman–Crippen LogP) is 2.76. The van der Waals surface area contributed by atoms with Crippen molar-refractivity contribution in [1.29, 1.82) is 0 Å². The Balaban J connectivity index is 2.06.